The van der Waals surface area contributed by atoms with Gasteiger partial charge in [-0.2, -0.15) is 0 Å². The van der Waals surface area contributed by atoms with Gasteiger partial charge in [0, 0.05) is 24.5 Å². The second-order valence-electron chi connectivity index (χ2n) is 6.41. The first kappa shape index (κ1) is 12.9. The Hall–Kier alpha value is -1.06. The zero-order chi connectivity index (χ0) is 13.3. The summed E-state index contributed by atoms with van der Waals surface area (Å²) in [6.07, 6.45) is 3.38. The summed E-state index contributed by atoms with van der Waals surface area (Å²) in [6, 6.07) is 7.24. The average molecular weight is 260 g/mol. The van der Waals surface area contributed by atoms with E-state index in [0.717, 1.165) is 38.3 Å². The van der Waals surface area contributed by atoms with E-state index >= 15 is 0 Å². The lowest BCUT2D eigenvalue weighted by molar-refractivity contribution is 0.357. The third-order valence-corrected chi connectivity index (χ3v) is 4.18. The highest BCUT2D eigenvalue weighted by molar-refractivity contribution is 5.39. The normalized spacial score (nSPS) is 24.2. The van der Waals surface area contributed by atoms with E-state index in [1.165, 1.54) is 17.5 Å². The van der Waals surface area contributed by atoms with Crippen LogP contribution in [0.1, 0.15) is 31.4 Å². The molecule has 2 aliphatic rings. The van der Waals surface area contributed by atoms with Crippen molar-refractivity contribution in [2.75, 3.05) is 19.7 Å². The monoisotopic (exact) mass is 260 g/mol. The van der Waals surface area contributed by atoms with Crippen molar-refractivity contribution in [3.63, 3.8) is 0 Å². The molecule has 2 N–H and O–H groups in total. The first-order valence-corrected chi connectivity index (χ1v) is 7.35. The highest BCUT2D eigenvalue weighted by Crippen LogP contribution is 2.26. The Morgan fingerprint density at radius 1 is 1.42 bits per heavy atom. The molecule has 2 aliphatic heterocycles. The second-order valence-corrected chi connectivity index (χ2v) is 6.41. The fourth-order valence-electron chi connectivity index (χ4n) is 3.12. The highest BCUT2D eigenvalue weighted by Gasteiger charge is 2.29. The number of benzene rings is 1. The van der Waals surface area contributed by atoms with Gasteiger partial charge in [0.1, 0.15) is 5.75 Å². The standard InChI is InChI=1S/C16H24N2O/c1-16(2)10-14(11-18-16)17-7-5-12-3-4-15-13(9-12)6-8-19-15/h3-4,9,14,17-18H,5-8,10-11H2,1-2H3. The maximum absolute atomic E-state index is 5.54. The first-order valence-electron chi connectivity index (χ1n) is 7.35. The summed E-state index contributed by atoms with van der Waals surface area (Å²) >= 11 is 0. The van der Waals surface area contributed by atoms with Crippen LogP contribution >= 0.6 is 0 Å². The van der Waals surface area contributed by atoms with Gasteiger partial charge in [-0.3, -0.25) is 0 Å². The van der Waals surface area contributed by atoms with Crippen LogP contribution in [-0.2, 0) is 12.8 Å². The van der Waals surface area contributed by atoms with Gasteiger partial charge in [-0.25, -0.2) is 0 Å². The molecule has 1 aromatic carbocycles. The Morgan fingerprint density at radius 3 is 3.11 bits per heavy atom. The lowest BCUT2D eigenvalue weighted by Crippen LogP contribution is -2.32. The number of ether oxygens (including phenoxy) is 1. The van der Waals surface area contributed by atoms with Crippen molar-refractivity contribution in [2.45, 2.75) is 44.7 Å². The van der Waals surface area contributed by atoms with Crippen molar-refractivity contribution >= 4 is 0 Å². The van der Waals surface area contributed by atoms with Gasteiger partial charge in [-0.15, -0.1) is 0 Å². The van der Waals surface area contributed by atoms with E-state index in [2.05, 4.69) is 42.7 Å². The van der Waals surface area contributed by atoms with Crippen LogP contribution in [0.25, 0.3) is 0 Å². The zero-order valence-corrected chi connectivity index (χ0v) is 12.0. The van der Waals surface area contributed by atoms with Crippen LogP contribution in [0.4, 0.5) is 0 Å². The fourth-order valence-corrected chi connectivity index (χ4v) is 3.12. The quantitative estimate of drug-likeness (QED) is 0.867. The molecular weight excluding hydrogens is 236 g/mol. The van der Waals surface area contributed by atoms with E-state index in [1.54, 1.807) is 0 Å². The Kier molecular flexibility index (Phi) is 3.50. The van der Waals surface area contributed by atoms with Gasteiger partial charge >= 0.3 is 0 Å². The summed E-state index contributed by atoms with van der Waals surface area (Å²) in [6.45, 7) is 7.54. The molecule has 0 aromatic heterocycles. The summed E-state index contributed by atoms with van der Waals surface area (Å²) in [5, 5.41) is 7.21. The summed E-state index contributed by atoms with van der Waals surface area (Å²) < 4.78 is 5.54. The molecule has 0 radical (unpaired) electrons. The van der Waals surface area contributed by atoms with Crippen molar-refractivity contribution in [1.82, 2.24) is 10.6 Å². The molecule has 1 atom stereocenters. The molecular formula is C16H24N2O. The maximum Gasteiger partial charge on any atom is 0.122 e. The molecule has 1 unspecified atom stereocenters. The van der Waals surface area contributed by atoms with E-state index in [4.69, 9.17) is 4.74 Å². The second kappa shape index (κ2) is 5.14. The van der Waals surface area contributed by atoms with Crippen LogP contribution in [0.3, 0.4) is 0 Å². The van der Waals surface area contributed by atoms with Crippen molar-refractivity contribution in [1.29, 1.82) is 0 Å². The highest BCUT2D eigenvalue weighted by atomic mass is 16.5. The van der Waals surface area contributed by atoms with Crippen molar-refractivity contribution in [3.05, 3.63) is 29.3 Å². The van der Waals surface area contributed by atoms with Crippen molar-refractivity contribution < 1.29 is 4.74 Å². The number of fused-ring (bicyclic) bond motifs is 1. The van der Waals surface area contributed by atoms with Crippen LogP contribution < -0.4 is 15.4 Å². The molecule has 1 aromatic rings. The molecule has 0 saturated carbocycles. The largest absolute Gasteiger partial charge is 0.493 e. The summed E-state index contributed by atoms with van der Waals surface area (Å²) in [4.78, 5) is 0. The Morgan fingerprint density at radius 2 is 2.32 bits per heavy atom. The number of hydrogen-bond acceptors (Lipinski definition) is 3. The predicted octanol–water partition coefficient (Wildman–Crippen LogP) is 1.89. The molecule has 3 heteroatoms. The molecule has 2 heterocycles. The van der Waals surface area contributed by atoms with E-state index in [9.17, 15) is 0 Å². The SMILES string of the molecule is CC1(C)CC(NCCc2ccc3c(c2)CCO3)CN1. The number of rotatable bonds is 4. The fraction of sp³-hybridized carbons (Fsp3) is 0.625. The van der Waals surface area contributed by atoms with Crippen LogP contribution in [-0.4, -0.2) is 31.3 Å². The molecule has 0 aliphatic carbocycles. The van der Waals surface area contributed by atoms with Crippen molar-refractivity contribution in [3.8, 4) is 5.75 Å². The van der Waals surface area contributed by atoms with E-state index < -0.39 is 0 Å². The molecule has 104 valence electrons. The maximum atomic E-state index is 5.54. The van der Waals surface area contributed by atoms with E-state index in [-0.39, 0.29) is 0 Å². The third-order valence-electron chi connectivity index (χ3n) is 4.18. The summed E-state index contributed by atoms with van der Waals surface area (Å²) in [5.74, 6) is 1.08. The molecule has 3 nitrogen and oxygen atoms in total. The Labute approximate surface area is 115 Å². The molecule has 0 bridgehead atoms. The van der Waals surface area contributed by atoms with Gasteiger partial charge in [0.15, 0.2) is 0 Å². The number of hydrogen-bond donors (Lipinski definition) is 2. The van der Waals surface area contributed by atoms with Gasteiger partial charge in [0.25, 0.3) is 0 Å². The van der Waals surface area contributed by atoms with Crippen LogP contribution in [0.2, 0.25) is 0 Å². The zero-order valence-electron chi connectivity index (χ0n) is 12.0. The molecule has 19 heavy (non-hydrogen) atoms. The molecule has 1 saturated heterocycles. The van der Waals surface area contributed by atoms with Gasteiger partial charge in [-0.05, 0) is 50.4 Å². The minimum Gasteiger partial charge on any atom is -0.493 e. The summed E-state index contributed by atoms with van der Waals surface area (Å²) in [7, 11) is 0. The van der Waals surface area contributed by atoms with Gasteiger partial charge < -0.3 is 15.4 Å². The lowest BCUT2D eigenvalue weighted by atomic mass is 10.0. The van der Waals surface area contributed by atoms with Crippen LogP contribution in [0, 0.1) is 0 Å². The average Bonchev–Trinajstić information content (AvgIpc) is 2.95. The van der Waals surface area contributed by atoms with Crippen LogP contribution in [0.15, 0.2) is 18.2 Å². The predicted molar refractivity (Wildman–Crippen MR) is 77.8 cm³/mol. The molecule has 3 rings (SSSR count). The Bertz CT molecular complexity index is 456. The minimum absolute atomic E-state index is 0.294. The number of nitrogens with one attached hydrogen (secondary N) is 2. The van der Waals surface area contributed by atoms with Gasteiger partial charge in [0.2, 0.25) is 0 Å². The summed E-state index contributed by atoms with van der Waals surface area (Å²) in [5.41, 5.74) is 3.09. The van der Waals surface area contributed by atoms with Gasteiger partial charge in [-0.1, -0.05) is 12.1 Å². The minimum atomic E-state index is 0.294. The van der Waals surface area contributed by atoms with Crippen LogP contribution in [0.5, 0.6) is 5.75 Å². The lowest BCUT2D eigenvalue weighted by Gasteiger charge is -2.17. The smallest absolute Gasteiger partial charge is 0.122 e. The third kappa shape index (κ3) is 3.10. The topological polar surface area (TPSA) is 33.3 Å². The Balaban J connectivity index is 1.48. The van der Waals surface area contributed by atoms with E-state index in [0.29, 0.717) is 11.6 Å². The van der Waals surface area contributed by atoms with E-state index in [1.807, 2.05) is 0 Å². The first-order chi connectivity index (χ1) is 9.12. The molecule has 1 fully saturated rings. The van der Waals surface area contributed by atoms with Crippen molar-refractivity contribution in [2.24, 2.45) is 0 Å². The molecule has 0 spiro atoms. The van der Waals surface area contributed by atoms with Gasteiger partial charge in [0.05, 0.1) is 6.61 Å². The molecule has 0 amide bonds.